The molecule has 320 valence electrons. The number of rotatable bonds is 8. The van der Waals surface area contributed by atoms with Gasteiger partial charge in [-0.25, -0.2) is 0 Å². The molecular formula is C65H50N2. The molecule has 1 unspecified atom stereocenters. The Morgan fingerprint density at radius 3 is 1.43 bits per heavy atom. The summed E-state index contributed by atoms with van der Waals surface area (Å²) >= 11 is 0. The molecule has 0 aliphatic heterocycles. The van der Waals surface area contributed by atoms with Crippen LogP contribution in [0.2, 0.25) is 0 Å². The Hall–Kier alpha value is -7.94. The second-order valence-electron chi connectivity index (χ2n) is 18.6. The molecule has 0 saturated heterocycles. The quantitative estimate of drug-likeness (QED) is 0.150. The largest absolute Gasteiger partial charge is 0.310 e. The van der Waals surface area contributed by atoms with Gasteiger partial charge >= 0.3 is 0 Å². The van der Waals surface area contributed by atoms with Crippen LogP contribution in [0, 0.1) is 0 Å². The zero-order valence-corrected chi connectivity index (χ0v) is 37.5. The van der Waals surface area contributed by atoms with Gasteiger partial charge in [0.1, 0.15) is 0 Å². The van der Waals surface area contributed by atoms with Crippen LogP contribution in [0.5, 0.6) is 0 Å². The molecule has 13 rings (SSSR count). The van der Waals surface area contributed by atoms with Gasteiger partial charge < -0.3 is 9.80 Å². The summed E-state index contributed by atoms with van der Waals surface area (Å²) in [6.45, 7) is 0. The average Bonchev–Trinajstić information content (AvgIpc) is 3.87. The number of fused-ring (bicyclic) bond motifs is 11. The van der Waals surface area contributed by atoms with Crippen molar-refractivity contribution in [2.24, 2.45) is 0 Å². The molecule has 1 fully saturated rings. The summed E-state index contributed by atoms with van der Waals surface area (Å²) in [4.78, 5) is 4.94. The molecule has 2 heteroatoms. The summed E-state index contributed by atoms with van der Waals surface area (Å²) in [6, 6.07) is 88.5. The van der Waals surface area contributed by atoms with Crippen LogP contribution < -0.4 is 9.80 Å². The maximum absolute atomic E-state index is 2.54. The minimum absolute atomic E-state index is 0.564. The molecule has 1 saturated carbocycles. The van der Waals surface area contributed by atoms with Crippen molar-refractivity contribution in [2.75, 3.05) is 9.80 Å². The van der Waals surface area contributed by atoms with Crippen LogP contribution in [0.1, 0.15) is 65.8 Å². The van der Waals surface area contributed by atoms with Gasteiger partial charge in [0.15, 0.2) is 0 Å². The summed E-state index contributed by atoms with van der Waals surface area (Å²) in [6.07, 6.45) is 6.54. The van der Waals surface area contributed by atoms with E-state index in [9.17, 15) is 0 Å². The molecule has 3 aliphatic carbocycles. The Bertz CT molecular complexity index is 3390. The van der Waals surface area contributed by atoms with Crippen LogP contribution >= 0.6 is 0 Å². The first kappa shape index (κ1) is 39.4. The van der Waals surface area contributed by atoms with Crippen LogP contribution in [-0.2, 0) is 5.41 Å². The van der Waals surface area contributed by atoms with E-state index in [-0.39, 0.29) is 0 Å². The van der Waals surface area contributed by atoms with E-state index in [0.29, 0.717) is 5.92 Å². The highest BCUT2D eigenvalue weighted by atomic mass is 15.1. The van der Waals surface area contributed by atoms with Gasteiger partial charge in [-0.1, -0.05) is 189 Å². The highest BCUT2D eigenvalue weighted by Gasteiger charge is 2.52. The maximum Gasteiger partial charge on any atom is 0.0727 e. The predicted molar refractivity (Wildman–Crippen MR) is 281 cm³/mol. The standard InChI is InChI=1S/C65H50N2/c1-5-19-45(20-6-1)46-33-36-51(37-34-46)67(63-42-35-47-21-13-14-28-54(47)64(63)48-22-7-2-8-23-48)53-39-41-58-56-30-16-18-32-60(56)65(62(58)44-53)59-31-17-15-29-55(59)57-40-38-52(43-61(57)65)66(49-24-9-3-10-25-49)50-26-11-4-12-27-50/h2-4,7-18,21-45H,1,5-6,19-20H2. The lowest BCUT2D eigenvalue weighted by molar-refractivity contribution is 0.443. The summed E-state index contributed by atoms with van der Waals surface area (Å²) < 4.78 is 0. The zero-order chi connectivity index (χ0) is 44.3. The van der Waals surface area contributed by atoms with Gasteiger partial charge in [0.05, 0.1) is 11.1 Å². The van der Waals surface area contributed by atoms with Crippen LogP contribution in [0.15, 0.2) is 237 Å². The van der Waals surface area contributed by atoms with Crippen molar-refractivity contribution in [1.29, 1.82) is 0 Å². The van der Waals surface area contributed by atoms with E-state index in [1.807, 2.05) is 0 Å². The summed E-state index contributed by atoms with van der Waals surface area (Å²) in [5.74, 6) is 0.627. The van der Waals surface area contributed by atoms with E-state index >= 15 is 0 Å². The molecule has 1 atom stereocenters. The molecule has 1 spiro atoms. The van der Waals surface area contributed by atoms with Crippen LogP contribution in [0.25, 0.3) is 44.2 Å². The van der Waals surface area contributed by atoms with Crippen molar-refractivity contribution in [2.45, 2.75) is 43.4 Å². The number of para-hydroxylation sites is 2. The third-order valence-electron chi connectivity index (χ3n) is 15.0. The van der Waals surface area contributed by atoms with E-state index in [1.54, 1.807) is 0 Å². The predicted octanol–water partition coefficient (Wildman–Crippen LogP) is 17.8. The van der Waals surface area contributed by atoms with Crippen molar-refractivity contribution in [1.82, 2.24) is 0 Å². The zero-order valence-electron chi connectivity index (χ0n) is 37.5. The van der Waals surface area contributed by atoms with E-state index in [2.05, 4.69) is 246 Å². The Balaban J connectivity index is 1.07. The second kappa shape index (κ2) is 16.2. The molecule has 0 aromatic heterocycles. The highest BCUT2D eigenvalue weighted by molar-refractivity contribution is 6.06. The molecule has 0 amide bonds. The fourth-order valence-corrected chi connectivity index (χ4v) is 12.1. The summed E-state index contributed by atoms with van der Waals surface area (Å²) in [5.41, 5.74) is 20.6. The summed E-state index contributed by atoms with van der Waals surface area (Å²) in [7, 11) is 0. The molecule has 0 heterocycles. The van der Waals surface area contributed by atoms with Gasteiger partial charge in [-0.05, 0) is 152 Å². The van der Waals surface area contributed by atoms with Gasteiger partial charge in [0.2, 0.25) is 0 Å². The highest BCUT2D eigenvalue weighted by Crippen LogP contribution is 2.64. The van der Waals surface area contributed by atoms with Crippen LogP contribution in [0.3, 0.4) is 0 Å². The molecule has 0 bridgehead atoms. The molecule has 2 nitrogen and oxygen atoms in total. The molecular weight excluding hydrogens is 809 g/mol. The van der Waals surface area contributed by atoms with E-state index in [4.69, 9.17) is 0 Å². The number of anilines is 6. The first-order valence-electron chi connectivity index (χ1n) is 24.1. The lowest BCUT2D eigenvalue weighted by Gasteiger charge is -2.34. The van der Waals surface area contributed by atoms with Crippen molar-refractivity contribution in [3.05, 3.63) is 264 Å². The van der Waals surface area contributed by atoms with Gasteiger partial charge in [0, 0.05) is 34.0 Å². The third-order valence-corrected chi connectivity index (χ3v) is 15.0. The fraction of sp³-hybridized carbons (Fsp3) is 0.108. The summed E-state index contributed by atoms with van der Waals surface area (Å²) in [5, 5.41) is 2.48. The molecule has 67 heavy (non-hydrogen) atoms. The van der Waals surface area contributed by atoms with Crippen molar-refractivity contribution in [3.63, 3.8) is 0 Å². The molecule has 0 radical (unpaired) electrons. The van der Waals surface area contributed by atoms with Gasteiger partial charge in [-0.15, -0.1) is 0 Å². The monoisotopic (exact) mass is 858 g/mol. The normalized spacial score (nSPS) is 15.8. The Morgan fingerprint density at radius 1 is 0.343 bits per heavy atom. The molecule has 10 aromatic carbocycles. The minimum atomic E-state index is -0.564. The lowest BCUT2D eigenvalue weighted by Crippen LogP contribution is -2.26. The SMILES string of the molecule is c1ccc(-c2c(N(c3ccc(C4CCCCC4)cc3)c3ccc4c(c3)C3(c5ccccc5-c5ccc(N(c6ccccc6)c6ccccc6)cc53)c3ccccc3-4)ccc3ccccc23)cc1. The Morgan fingerprint density at radius 2 is 0.821 bits per heavy atom. The number of benzene rings is 10. The first-order chi connectivity index (χ1) is 33.3. The molecule has 10 aromatic rings. The van der Waals surface area contributed by atoms with E-state index < -0.39 is 5.41 Å². The lowest BCUT2D eigenvalue weighted by atomic mass is 9.70. The maximum atomic E-state index is 2.54. The third kappa shape index (κ3) is 6.31. The second-order valence-corrected chi connectivity index (χ2v) is 18.6. The number of hydrogen-bond donors (Lipinski definition) is 0. The topological polar surface area (TPSA) is 6.48 Å². The Labute approximate surface area is 394 Å². The van der Waals surface area contributed by atoms with Gasteiger partial charge in [0.25, 0.3) is 0 Å². The Kier molecular flexibility index (Phi) is 9.53. The first-order valence-corrected chi connectivity index (χ1v) is 24.1. The van der Waals surface area contributed by atoms with E-state index in [0.717, 1.165) is 34.1 Å². The van der Waals surface area contributed by atoms with Crippen molar-refractivity contribution < 1.29 is 0 Å². The van der Waals surface area contributed by atoms with Crippen molar-refractivity contribution in [3.8, 4) is 33.4 Å². The number of hydrogen-bond acceptors (Lipinski definition) is 2. The van der Waals surface area contributed by atoms with Crippen LogP contribution in [0.4, 0.5) is 34.1 Å². The van der Waals surface area contributed by atoms with Crippen molar-refractivity contribution >= 4 is 44.9 Å². The van der Waals surface area contributed by atoms with E-state index in [1.165, 1.54) is 104 Å². The molecule has 3 aliphatic rings. The fourth-order valence-electron chi connectivity index (χ4n) is 12.1. The van der Waals surface area contributed by atoms with Gasteiger partial charge in [-0.2, -0.15) is 0 Å². The smallest absolute Gasteiger partial charge is 0.0727 e. The molecule has 0 N–H and O–H groups in total. The van der Waals surface area contributed by atoms with Crippen LogP contribution in [-0.4, -0.2) is 0 Å². The number of nitrogens with zero attached hydrogens (tertiary/aromatic N) is 2. The van der Waals surface area contributed by atoms with Gasteiger partial charge in [-0.3, -0.25) is 0 Å². The average molecular weight is 859 g/mol. The minimum Gasteiger partial charge on any atom is -0.310 e.